The van der Waals surface area contributed by atoms with Crippen molar-refractivity contribution in [1.82, 2.24) is 20.3 Å². The van der Waals surface area contributed by atoms with E-state index in [0.717, 1.165) is 21.3 Å². The van der Waals surface area contributed by atoms with E-state index in [4.69, 9.17) is 0 Å². The van der Waals surface area contributed by atoms with Gasteiger partial charge in [0.2, 0.25) is 0 Å². The Balaban J connectivity index is 1.62. The molecule has 0 atom stereocenters. The molecule has 0 spiro atoms. The zero-order valence-electron chi connectivity index (χ0n) is 13.5. The molecule has 0 unspecified atom stereocenters. The molecule has 0 bridgehead atoms. The molecule has 0 aliphatic carbocycles. The maximum absolute atomic E-state index is 12.1. The Kier molecular flexibility index (Phi) is 5.35. The molecule has 2 N–H and O–H groups in total. The van der Waals surface area contributed by atoms with Crippen LogP contribution in [-0.4, -0.2) is 20.9 Å². The summed E-state index contributed by atoms with van der Waals surface area (Å²) in [5.74, 6) is 0.294. The van der Waals surface area contributed by atoms with Gasteiger partial charge in [-0.2, -0.15) is 0 Å². The van der Waals surface area contributed by atoms with Crippen LogP contribution in [0.2, 0.25) is 0 Å². The summed E-state index contributed by atoms with van der Waals surface area (Å²) in [4.78, 5) is 24.5. The van der Waals surface area contributed by atoms with Gasteiger partial charge >= 0.3 is 0 Å². The molecule has 126 valence electrons. The average molecular weight is 398 g/mol. The number of halogens is 1. The van der Waals surface area contributed by atoms with Crippen LogP contribution in [0.1, 0.15) is 21.6 Å². The number of carbonyl (C=O) groups is 1. The van der Waals surface area contributed by atoms with Crippen molar-refractivity contribution in [2.75, 3.05) is 5.32 Å². The highest BCUT2D eigenvalue weighted by atomic mass is 79.9. The third-order valence-corrected chi connectivity index (χ3v) is 4.13. The fourth-order valence-corrected chi connectivity index (χ4v) is 2.74. The molecule has 0 aliphatic heterocycles. The summed E-state index contributed by atoms with van der Waals surface area (Å²) in [5.41, 5.74) is 3.28. The third-order valence-electron chi connectivity index (χ3n) is 3.47. The van der Waals surface area contributed by atoms with Crippen LogP contribution in [-0.2, 0) is 6.54 Å². The van der Waals surface area contributed by atoms with E-state index in [-0.39, 0.29) is 11.6 Å². The molecule has 1 aromatic carbocycles. The number of anilines is 2. The number of aryl methyl sites for hydroxylation is 1. The van der Waals surface area contributed by atoms with Gasteiger partial charge in [-0.25, -0.2) is 9.97 Å². The van der Waals surface area contributed by atoms with Crippen LogP contribution in [0.3, 0.4) is 0 Å². The standard InChI is InChI=1S/C18H16BrN5O/c1-12-2-3-15(14(19)8-12)24-17-11-21-16(10-22-17)18(25)23-9-13-4-6-20-7-5-13/h2-8,10-11H,9H2,1H3,(H,22,24)(H,23,25). The van der Waals surface area contributed by atoms with Crippen LogP contribution < -0.4 is 10.6 Å². The zero-order valence-corrected chi connectivity index (χ0v) is 15.1. The maximum Gasteiger partial charge on any atom is 0.271 e. The molecule has 25 heavy (non-hydrogen) atoms. The summed E-state index contributed by atoms with van der Waals surface area (Å²) < 4.78 is 0.938. The molecule has 0 aliphatic rings. The lowest BCUT2D eigenvalue weighted by molar-refractivity contribution is 0.0945. The molecule has 0 saturated heterocycles. The number of rotatable bonds is 5. The fourth-order valence-electron chi connectivity index (χ4n) is 2.14. The van der Waals surface area contributed by atoms with E-state index in [9.17, 15) is 4.79 Å². The van der Waals surface area contributed by atoms with Gasteiger partial charge in [-0.1, -0.05) is 6.07 Å². The largest absolute Gasteiger partial charge is 0.347 e. The highest BCUT2D eigenvalue weighted by molar-refractivity contribution is 9.10. The molecule has 0 saturated carbocycles. The molecule has 3 rings (SSSR count). The number of amides is 1. The van der Waals surface area contributed by atoms with Gasteiger partial charge in [0.1, 0.15) is 11.5 Å². The Morgan fingerprint density at radius 3 is 2.60 bits per heavy atom. The number of nitrogens with one attached hydrogen (secondary N) is 2. The van der Waals surface area contributed by atoms with Crippen LogP contribution in [0.15, 0.2) is 59.6 Å². The molecular formula is C18H16BrN5O. The van der Waals surface area contributed by atoms with Crippen molar-refractivity contribution in [1.29, 1.82) is 0 Å². The number of carbonyl (C=O) groups excluding carboxylic acids is 1. The second kappa shape index (κ2) is 7.85. The Morgan fingerprint density at radius 1 is 1.12 bits per heavy atom. The van der Waals surface area contributed by atoms with Gasteiger partial charge in [0, 0.05) is 23.4 Å². The number of aromatic nitrogens is 3. The van der Waals surface area contributed by atoms with E-state index in [0.29, 0.717) is 12.4 Å². The zero-order chi connectivity index (χ0) is 17.6. The first kappa shape index (κ1) is 17.0. The molecule has 3 aromatic rings. The van der Waals surface area contributed by atoms with E-state index in [2.05, 4.69) is 41.5 Å². The summed E-state index contributed by atoms with van der Waals surface area (Å²) in [5, 5.41) is 5.97. The Bertz CT molecular complexity index is 868. The summed E-state index contributed by atoms with van der Waals surface area (Å²) in [6, 6.07) is 9.66. The quantitative estimate of drug-likeness (QED) is 0.687. The average Bonchev–Trinajstić information content (AvgIpc) is 2.63. The highest BCUT2D eigenvalue weighted by Gasteiger charge is 2.08. The second-order valence-corrected chi connectivity index (χ2v) is 6.29. The Morgan fingerprint density at radius 2 is 1.92 bits per heavy atom. The highest BCUT2D eigenvalue weighted by Crippen LogP contribution is 2.25. The first-order valence-corrected chi connectivity index (χ1v) is 8.43. The number of nitrogens with zero attached hydrogens (tertiary/aromatic N) is 3. The van der Waals surface area contributed by atoms with Crippen LogP contribution in [0, 0.1) is 6.92 Å². The Labute approximate surface area is 153 Å². The third kappa shape index (κ3) is 4.60. The first-order valence-electron chi connectivity index (χ1n) is 7.64. The molecule has 0 radical (unpaired) electrons. The number of hydrogen-bond acceptors (Lipinski definition) is 5. The smallest absolute Gasteiger partial charge is 0.271 e. The second-order valence-electron chi connectivity index (χ2n) is 5.43. The monoisotopic (exact) mass is 397 g/mol. The lowest BCUT2D eigenvalue weighted by Crippen LogP contribution is -2.24. The van der Waals surface area contributed by atoms with Gasteiger partial charge in [-0.15, -0.1) is 0 Å². The van der Waals surface area contributed by atoms with Crippen molar-refractivity contribution in [2.45, 2.75) is 13.5 Å². The lowest BCUT2D eigenvalue weighted by atomic mass is 10.2. The number of hydrogen-bond donors (Lipinski definition) is 2. The van der Waals surface area contributed by atoms with Gasteiger partial charge in [0.05, 0.1) is 18.1 Å². The lowest BCUT2D eigenvalue weighted by Gasteiger charge is -2.09. The predicted molar refractivity (Wildman–Crippen MR) is 99.6 cm³/mol. The van der Waals surface area contributed by atoms with Crippen LogP contribution in [0.5, 0.6) is 0 Å². The Hall–Kier alpha value is -2.80. The molecule has 7 heteroatoms. The van der Waals surface area contributed by atoms with E-state index in [1.807, 2.05) is 37.3 Å². The summed E-state index contributed by atoms with van der Waals surface area (Å²) in [7, 11) is 0. The number of benzene rings is 1. The SMILES string of the molecule is Cc1ccc(Nc2cnc(C(=O)NCc3ccncc3)cn2)c(Br)c1. The van der Waals surface area contributed by atoms with Crippen molar-refractivity contribution in [2.24, 2.45) is 0 Å². The summed E-state index contributed by atoms with van der Waals surface area (Å²) in [6.07, 6.45) is 6.36. The molecule has 2 heterocycles. The van der Waals surface area contributed by atoms with Crippen molar-refractivity contribution in [3.8, 4) is 0 Å². The van der Waals surface area contributed by atoms with E-state index in [1.165, 1.54) is 12.4 Å². The fraction of sp³-hybridized carbons (Fsp3) is 0.111. The molecular weight excluding hydrogens is 382 g/mol. The maximum atomic E-state index is 12.1. The summed E-state index contributed by atoms with van der Waals surface area (Å²) in [6.45, 7) is 2.44. The van der Waals surface area contributed by atoms with Crippen molar-refractivity contribution < 1.29 is 4.79 Å². The normalized spacial score (nSPS) is 10.3. The van der Waals surface area contributed by atoms with Crippen molar-refractivity contribution >= 4 is 33.3 Å². The van der Waals surface area contributed by atoms with Gasteiger partial charge in [-0.05, 0) is 58.2 Å². The van der Waals surface area contributed by atoms with Crippen molar-refractivity contribution in [3.05, 3.63) is 76.4 Å². The first-order chi connectivity index (χ1) is 12.1. The van der Waals surface area contributed by atoms with Gasteiger partial charge < -0.3 is 10.6 Å². The minimum absolute atomic E-state index is 0.266. The van der Waals surface area contributed by atoms with E-state index >= 15 is 0 Å². The van der Waals surface area contributed by atoms with Gasteiger partial charge in [0.15, 0.2) is 0 Å². The van der Waals surface area contributed by atoms with Gasteiger partial charge in [0.25, 0.3) is 5.91 Å². The minimum atomic E-state index is -0.271. The van der Waals surface area contributed by atoms with Gasteiger partial charge in [-0.3, -0.25) is 9.78 Å². The predicted octanol–water partition coefficient (Wildman–Crippen LogP) is 3.62. The molecule has 6 nitrogen and oxygen atoms in total. The topological polar surface area (TPSA) is 79.8 Å². The van der Waals surface area contributed by atoms with Crippen molar-refractivity contribution in [3.63, 3.8) is 0 Å². The molecule has 2 aromatic heterocycles. The van der Waals surface area contributed by atoms with Crippen LogP contribution in [0.25, 0.3) is 0 Å². The molecule has 1 amide bonds. The van der Waals surface area contributed by atoms with E-state index < -0.39 is 0 Å². The minimum Gasteiger partial charge on any atom is -0.347 e. The molecule has 0 fully saturated rings. The van der Waals surface area contributed by atoms with E-state index in [1.54, 1.807) is 12.4 Å². The summed E-state index contributed by atoms with van der Waals surface area (Å²) >= 11 is 3.51. The van der Waals surface area contributed by atoms with Crippen LogP contribution in [0.4, 0.5) is 11.5 Å². The van der Waals surface area contributed by atoms with Crippen LogP contribution >= 0.6 is 15.9 Å². The number of pyridine rings is 1.